The molecule has 0 unspecified atom stereocenters. The van der Waals surface area contributed by atoms with Crippen LogP contribution in [0.3, 0.4) is 0 Å². The molecule has 2 nitrogen and oxygen atoms in total. The fraction of sp³-hybridized carbons (Fsp3) is 0.538. The third kappa shape index (κ3) is 3.37. The van der Waals surface area contributed by atoms with Crippen LogP contribution in [0.25, 0.3) is 0 Å². The van der Waals surface area contributed by atoms with Gasteiger partial charge in [-0.25, -0.2) is 4.39 Å². The Morgan fingerprint density at radius 2 is 1.84 bits per heavy atom. The van der Waals surface area contributed by atoms with Crippen molar-refractivity contribution in [3.05, 3.63) is 29.6 Å². The fourth-order valence-corrected chi connectivity index (χ4v) is 2.24. The lowest BCUT2D eigenvalue weighted by Crippen LogP contribution is -2.42. The van der Waals surface area contributed by atoms with Crippen LogP contribution in [0.5, 0.6) is 5.75 Å². The maximum Gasteiger partial charge on any atom is 0.416 e. The van der Waals surface area contributed by atoms with Crippen molar-refractivity contribution in [1.82, 2.24) is 0 Å². The highest BCUT2D eigenvalue weighted by Crippen LogP contribution is 2.33. The zero-order chi connectivity index (χ0) is 14.1. The minimum Gasteiger partial charge on any atom is -0.489 e. The summed E-state index contributed by atoms with van der Waals surface area (Å²) in [5.41, 5.74) is 4.51. The molecule has 0 saturated heterocycles. The second-order valence-corrected chi connectivity index (χ2v) is 5.00. The first-order valence-electron chi connectivity index (χ1n) is 6.09. The Morgan fingerprint density at radius 1 is 1.21 bits per heavy atom. The molecule has 1 aliphatic rings. The van der Waals surface area contributed by atoms with Gasteiger partial charge in [-0.1, -0.05) is 12.8 Å². The molecule has 0 amide bonds. The Labute approximate surface area is 108 Å². The van der Waals surface area contributed by atoms with Crippen molar-refractivity contribution in [2.45, 2.75) is 37.4 Å². The summed E-state index contributed by atoms with van der Waals surface area (Å²) in [5.74, 6) is -1.21. The molecule has 1 aliphatic carbocycles. The maximum atomic E-state index is 13.5. The van der Waals surface area contributed by atoms with E-state index in [1.807, 2.05) is 0 Å². The molecule has 1 fully saturated rings. The summed E-state index contributed by atoms with van der Waals surface area (Å²) in [6, 6.07) is 2.24. The van der Waals surface area contributed by atoms with E-state index in [0.717, 1.165) is 37.8 Å². The van der Waals surface area contributed by atoms with E-state index in [1.165, 1.54) is 0 Å². The number of hydrogen-bond acceptors (Lipinski definition) is 2. The van der Waals surface area contributed by atoms with Gasteiger partial charge in [-0.2, -0.15) is 13.2 Å². The van der Waals surface area contributed by atoms with Crippen LogP contribution in [0.1, 0.15) is 31.2 Å². The number of benzene rings is 1. The van der Waals surface area contributed by atoms with Gasteiger partial charge in [0, 0.05) is 0 Å². The summed E-state index contributed by atoms with van der Waals surface area (Å²) in [6.07, 6.45) is -0.991. The van der Waals surface area contributed by atoms with E-state index in [2.05, 4.69) is 0 Å². The van der Waals surface area contributed by atoms with E-state index in [0.29, 0.717) is 6.07 Å². The molecule has 0 aromatic heterocycles. The highest BCUT2D eigenvalue weighted by Gasteiger charge is 2.32. The first kappa shape index (κ1) is 14.1. The number of rotatable bonds is 3. The third-order valence-electron chi connectivity index (χ3n) is 3.37. The molecule has 2 rings (SSSR count). The molecule has 1 aromatic rings. The van der Waals surface area contributed by atoms with E-state index < -0.39 is 23.1 Å². The standard InChI is InChI=1S/C13H15F4NO/c14-10-7-9(13(15,16)17)3-4-11(10)19-8-12(18)5-1-2-6-12/h3-4,7H,1-2,5-6,8,18H2. The first-order valence-corrected chi connectivity index (χ1v) is 6.09. The Hall–Kier alpha value is -1.30. The summed E-state index contributed by atoms with van der Waals surface area (Å²) in [6.45, 7) is 0.120. The minimum absolute atomic E-state index is 0.120. The molecule has 2 N–H and O–H groups in total. The first-order chi connectivity index (χ1) is 8.80. The quantitative estimate of drug-likeness (QED) is 0.858. The normalized spacial score (nSPS) is 18.6. The predicted molar refractivity (Wildman–Crippen MR) is 62.3 cm³/mol. The van der Waals surface area contributed by atoms with Crippen LogP contribution in [0.4, 0.5) is 17.6 Å². The molecule has 1 aromatic carbocycles. The van der Waals surface area contributed by atoms with Crippen LogP contribution >= 0.6 is 0 Å². The molecule has 0 radical (unpaired) electrons. The maximum absolute atomic E-state index is 13.5. The molecule has 1 saturated carbocycles. The Balaban J connectivity index is 2.05. The zero-order valence-electron chi connectivity index (χ0n) is 10.3. The number of ether oxygens (including phenoxy) is 1. The van der Waals surface area contributed by atoms with Crippen LogP contribution in [-0.4, -0.2) is 12.1 Å². The third-order valence-corrected chi connectivity index (χ3v) is 3.37. The highest BCUT2D eigenvalue weighted by atomic mass is 19.4. The van der Waals surface area contributed by atoms with Crippen molar-refractivity contribution in [3.63, 3.8) is 0 Å². The molecule has 0 aliphatic heterocycles. The Kier molecular flexibility index (Phi) is 3.71. The van der Waals surface area contributed by atoms with Crippen LogP contribution in [0, 0.1) is 5.82 Å². The summed E-state index contributed by atoms with van der Waals surface area (Å²) in [5, 5.41) is 0. The van der Waals surface area contributed by atoms with E-state index >= 15 is 0 Å². The molecular formula is C13H15F4NO. The van der Waals surface area contributed by atoms with Gasteiger partial charge >= 0.3 is 6.18 Å². The smallest absolute Gasteiger partial charge is 0.416 e. The van der Waals surface area contributed by atoms with Crippen LogP contribution in [0.2, 0.25) is 0 Å². The van der Waals surface area contributed by atoms with Crippen molar-refractivity contribution in [2.24, 2.45) is 5.73 Å². The van der Waals surface area contributed by atoms with Gasteiger partial charge in [-0.3, -0.25) is 0 Å². The van der Waals surface area contributed by atoms with Crippen LogP contribution in [0.15, 0.2) is 18.2 Å². The number of hydrogen-bond donors (Lipinski definition) is 1. The van der Waals surface area contributed by atoms with Gasteiger partial charge in [0.25, 0.3) is 0 Å². The molecule has 106 valence electrons. The second kappa shape index (κ2) is 5.00. The van der Waals surface area contributed by atoms with Crippen molar-refractivity contribution in [1.29, 1.82) is 0 Å². The van der Waals surface area contributed by atoms with E-state index in [1.54, 1.807) is 0 Å². The van der Waals surface area contributed by atoms with E-state index in [9.17, 15) is 17.6 Å². The monoisotopic (exact) mass is 277 g/mol. The predicted octanol–water partition coefficient (Wildman–Crippen LogP) is 3.49. The minimum atomic E-state index is -4.56. The lowest BCUT2D eigenvalue weighted by molar-refractivity contribution is -0.137. The average molecular weight is 277 g/mol. The highest BCUT2D eigenvalue weighted by molar-refractivity contribution is 5.31. The van der Waals surface area contributed by atoms with Gasteiger partial charge < -0.3 is 10.5 Å². The van der Waals surface area contributed by atoms with Gasteiger partial charge in [-0.05, 0) is 31.0 Å². The summed E-state index contributed by atoms with van der Waals surface area (Å²) in [4.78, 5) is 0. The van der Waals surface area contributed by atoms with Gasteiger partial charge in [0.05, 0.1) is 11.1 Å². The number of alkyl halides is 3. The molecule has 6 heteroatoms. The topological polar surface area (TPSA) is 35.2 Å². The van der Waals surface area contributed by atoms with Gasteiger partial charge in [0.2, 0.25) is 0 Å². The summed E-state index contributed by atoms with van der Waals surface area (Å²) >= 11 is 0. The van der Waals surface area contributed by atoms with Gasteiger partial charge in [0.1, 0.15) is 6.61 Å². The molecule has 0 bridgehead atoms. The number of nitrogens with two attached hydrogens (primary N) is 1. The van der Waals surface area contributed by atoms with Crippen molar-refractivity contribution in [2.75, 3.05) is 6.61 Å². The summed E-state index contributed by atoms with van der Waals surface area (Å²) in [7, 11) is 0. The average Bonchev–Trinajstić information content (AvgIpc) is 2.74. The van der Waals surface area contributed by atoms with Crippen molar-refractivity contribution < 1.29 is 22.3 Å². The number of halogens is 4. The van der Waals surface area contributed by atoms with Crippen molar-refractivity contribution in [3.8, 4) is 5.75 Å². The summed E-state index contributed by atoms with van der Waals surface area (Å²) < 4.78 is 55.8. The SMILES string of the molecule is NC1(COc2ccc(C(F)(F)F)cc2F)CCCC1. The largest absolute Gasteiger partial charge is 0.489 e. The molecule has 0 spiro atoms. The van der Waals surface area contributed by atoms with Crippen LogP contribution in [-0.2, 0) is 6.18 Å². The van der Waals surface area contributed by atoms with Crippen LogP contribution < -0.4 is 10.5 Å². The second-order valence-electron chi connectivity index (χ2n) is 5.00. The Morgan fingerprint density at radius 3 is 2.37 bits per heavy atom. The van der Waals surface area contributed by atoms with Gasteiger partial charge in [0.15, 0.2) is 11.6 Å². The lowest BCUT2D eigenvalue weighted by Gasteiger charge is -2.23. The van der Waals surface area contributed by atoms with Gasteiger partial charge in [-0.15, -0.1) is 0 Å². The molecule has 0 atom stereocenters. The van der Waals surface area contributed by atoms with E-state index in [4.69, 9.17) is 10.5 Å². The molecule has 0 heterocycles. The lowest BCUT2D eigenvalue weighted by atomic mass is 10.0. The molecular weight excluding hydrogens is 262 g/mol. The molecule has 19 heavy (non-hydrogen) atoms. The Bertz CT molecular complexity index is 452. The fourth-order valence-electron chi connectivity index (χ4n) is 2.24. The van der Waals surface area contributed by atoms with Crippen molar-refractivity contribution >= 4 is 0 Å². The zero-order valence-corrected chi connectivity index (χ0v) is 10.3. The van der Waals surface area contributed by atoms with E-state index in [-0.39, 0.29) is 12.4 Å².